The summed E-state index contributed by atoms with van der Waals surface area (Å²) in [6, 6.07) is 6.75. The Morgan fingerprint density at radius 2 is 1.92 bits per heavy atom. The lowest BCUT2D eigenvalue weighted by molar-refractivity contribution is -0.158. The van der Waals surface area contributed by atoms with E-state index in [0.29, 0.717) is 5.92 Å². The fraction of sp³-hybridized carbons (Fsp3) is 0.591. The van der Waals surface area contributed by atoms with Gasteiger partial charge in [0.15, 0.2) is 0 Å². The second-order valence-corrected chi connectivity index (χ2v) is 8.35. The predicted octanol–water partition coefficient (Wildman–Crippen LogP) is 5.05. The molecular weight excluding hydrogens is 312 g/mol. The van der Waals surface area contributed by atoms with Crippen LogP contribution in [0.5, 0.6) is 0 Å². The molecule has 0 N–H and O–H groups in total. The summed E-state index contributed by atoms with van der Waals surface area (Å²) in [6.07, 6.45) is 5.14. The lowest BCUT2D eigenvalue weighted by Crippen LogP contribution is -2.51. The van der Waals surface area contributed by atoms with Crippen LogP contribution in [0.3, 0.4) is 0 Å². The molecular formula is C22H30O3. The number of rotatable bonds is 3. The molecule has 0 spiro atoms. The molecule has 0 saturated heterocycles. The molecule has 3 heteroatoms. The minimum atomic E-state index is -0.514. The van der Waals surface area contributed by atoms with Crippen molar-refractivity contribution in [2.45, 2.75) is 58.3 Å². The Labute approximate surface area is 151 Å². The number of allylic oxidation sites excluding steroid dienone is 1. The Morgan fingerprint density at radius 3 is 2.52 bits per heavy atom. The average molecular weight is 342 g/mol. The lowest BCUT2D eigenvalue weighted by Gasteiger charge is -2.52. The van der Waals surface area contributed by atoms with Crippen molar-refractivity contribution in [2.75, 3.05) is 14.2 Å². The molecule has 2 aliphatic rings. The predicted molar refractivity (Wildman–Crippen MR) is 100 cm³/mol. The number of fused-ring (bicyclic) bond motifs is 3. The number of benzene rings is 1. The van der Waals surface area contributed by atoms with Gasteiger partial charge in [-0.1, -0.05) is 39.3 Å². The van der Waals surface area contributed by atoms with Crippen molar-refractivity contribution in [1.82, 2.24) is 0 Å². The quantitative estimate of drug-likeness (QED) is 0.721. The van der Waals surface area contributed by atoms with Gasteiger partial charge in [0.1, 0.15) is 5.76 Å². The van der Waals surface area contributed by atoms with Crippen molar-refractivity contribution in [3.63, 3.8) is 0 Å². The summed E-state index contributed by atoms with van der Waals surface area (Å²) in [6.45, 7) is 8.77. The Bertz CT molecular complexity index is 718. The van der Waals surface area contributed by atoms with E-state index in [1.807, 2.05) is 0 Å². The summed E-state index contributed by atoms with van der Waals surface area (Å²) in [5, 5.41) is 0. The van der Waals surface area contributed by atoms with Gasteiger partial charge in [-0.2, -0.15) is 0 Å². The van der Waals surface area contributed by atoms with Gasteiger partial charge in [0.2, 0.25) is 0 Å². The van der Waals surface area contributed by atoms with Crippen LogP contribution < -0.4 is 0 Å². The second-order valence-electron chi connectivity index (χ2n) is 8.35. The molecule has 1 saturated carbocycles. The van der Waals surface area contributed by atoms with Crippen molar-refractivity contribution in [1.29, 1.82) is 0 Å². The van der Waals surface area contributed by atoms with E-state index in [-0.39, 0.29) is 17.3 Å². The smallest absolute Gasteiger partial charge is 0.312 e. The normalized spacial score (nSPS) is 31.0. The number of methoxy groups -OCH3 is 2. The Kier molecular flexibility index (Phi) is 4.47. The maximum Gasteiger partial charge on any atom is 0.312 e. The molecule has 0 aromatic heterocycles. The van der Waals surface area contributed by atoms with Crippen LogP contribution in [0.25, 0.3) is 5.76 Å². The number of carbonyl (C=O) groups excluding carboxylic acids is 1. The van der Waals surface area contributed by atoms with E-state index in [4.69, 9.17) is 9.47 Å². The van der Waals surface area contributed by atoms with E-state index >= 15 is 0 Å². The van der Waals surface area contributed by atoms with Crippen LogP contribution in [-0.2, 0) is 19.7 Å². The fourth-order valence-corrected chi connectivity index (χ4v) is 5.01. The number of hydrogen-bond donors (Lipinski definition) is 0. The summed E-state index contributed by atoms with van der Waals surface area (Å²) in [5.74, 6) is 1.32. The van der Waals surface area contributed by atoms with Crippen LogP contribution in [0.15, 0.2) is 24.3 Å². The molecule has 0 radical (unpaired) electrons. The largest absolute Gasteiger partial charge is 0.496 e. The highest BCUT2D eigenvalue weighted by molar-refractivity contribution is 5.80. The van der Waals surface area contributed by atoms with Gasteiger partial charge in [0.25, 0.3) is 0 Å². The van der Waals surface area contributed by atoms with Crippen LogP contribution in [0.1, 0.15) is 69.6 Å². The summed E-state index contributed by atoms with van der Waals surface area (Å²) < 4.78 is 10.9. The van der Waals surface area contributed by atoms with Gasteiger partial charge in [-0.3, -0.25) is 4.79 Å². The van der Waals surface area contributed by atoms with Crippen LogP contribution in [0.4, 0.5) is 0 Å². The summed E-state index contributed by atoms with van der Waals surface area (Å²) in [7, 11) is 3.21. The number of hydrogen-bond acceptors (Lipinski definition) is 3. The van der Waals surface area contributed by atoms with E-state index in [0.717, 1.165) is 25.0 Å². The first-order valence-electron chi connectivity index (χ1n) is 9.27. The van der Waals surface area contributed by atoms with Crippen molar-refractivity contribution >= 4 is 11.7 Å². The average Bonchev–Trinajstić information content (AvgIpc) is 2.60. The molecule has 136 valence electrons. The van der Waals surface area contributed by atoms with Gasteiger partial charge >= 0.3 is 5.97 Å². The Morgan fingerprint density at radius 1 is 1.20 bits per heavy atom. The van der Waals surface area contributed by atoms with Crippen molar-refractivity contribution < 1.29 is 14.3 Å². The Balaban J connectivity index is 2.20. The molecule has 2 aliphatic carbocycles. The van der Waals surface area contributed by atoms with Crippen molar-refractivity contribution in [3.05, 3.63) is 41.0 Å². The molecule has 3 nitrogen and oxygen atoms in total. The molecule has 0 aliphatic heterocycles. The first kappa shape index (κ1) is 18.0. The standard InChI is InChI=1S/C22H30O3/c1-14(2)15-8-9-17-16(12-15)18(24-5)13-19-21(17,3)10-7-11-22(19,4)20(23)25-6/h8-9,12-14,19H,7,10-11H2,1-6H3/t19-,21-,22-/m1/s1. The first-order chi connectivity index (χ1) is 11.8. The third kappa shape index (κ3) is 2.59. The third-order valence-electron chi connectivity index (χ3n) is 6.55. The molecule has 3 rings (SSSR count). The minimum absolute atomic E-state index is 0.0753. The van der Waals surface area contributed by atoms with Crippen LogP contribution in [0, 0.1) is 11.3 Å². The first-order valence-corrected chi connectivity index (χ1v) is 9.27. The van der Waals surface area contributed by atoms with Gasteiger partial charge < -0.3 is 9.47 Å². The molecule has 0 bridgehead atoms. The highest BCUT2D eigenvalue weighted by atomic mass is 16.5. The third-order valence-corrected chi connectivity index (χ3v) is 6.55. The van der Waals surface area contributed by atoms with Gasteiger partial charge in [0, 0.05) is 16.9 Å². The molecule has 1 aromatic rings. The lowest BCUT2D eigenvalue weighted by atomic mass is 9.51. The number of esters is 1. The molecule has 25 heavy (non-hydrogen) atoms. The maximum atomic E-state index is 12.6. The maximum absolute atomic E-state index is 12.6. The molecule has 3 atom stereocenters. The summed E-state index contributed by atoms with van der Waals surface area (Å²) >= 11 is 0. The van der Waals surface area contributed by atoms with E-state index in [9.17, 15) is 4.79 Å². The van der Waals surface area contributed by atoms with E-state index < -0.39 is 5.41 Å². The van der Waals surface area contributed by atoms with E-state index in [2.05, 4.69) is 52.0 Å². The summed E-state index contributed by atoms with van der Waals surface area (Å²) in [4.78, 5) is 12.6. The fourth-order valence-electron chi connectivity index (χ4n) is 5.01. The van der Waals surface area contributed by atoms with Gasteiger partial charge in [-0.15, -0.1) is 0 Å². The zero-order chi connectivity index (χ0) is 18.4. The van der Waals surface area contributed by atoms with Crippen molar-refractivity contribution in [2.24, 2.45) is 11.3 Å². The molecule has 1 aromatic carbocycles. The highest BCUT2D eigenvalue weighted by Gasteiger charge is 2.55. The Hall–Kier alpha value is -1.77. The van der Waals surface area contributed by atoms with Gasteiger partial charge in [-0.25, -0.2) is 0 Å². The van der Waals surface area contributed by atoms with Gasteiger partial charge in [0.05, 0.1) is 19.6 Å². The molecule has 0 unspecified atom stereocenters. The molecule has 1 fully saturated rings. The van der Waals surface area contributed by atoms with Gasteiger partial charge in [-0.05, 0) is 49.0 Å². The van der Waals surface area contributed by atoms with Crippen LogP contribution >= 0.6 is 0 Å². The number of ether oxygens (including phenoxy) is 2. The zero-order valence-corrected chi connectivity index (χ0v) is 16.3. The zero-order valence-electron chi connectivity index (χ0n) is 16.3. The van der Waals surface area contributed by atoms with Crippen LogP contribution in [0.2, 0.25) is 0 Å². The molecule has 0 heterocycles. The minimum Gasteiger partial charge on any atom is -0.496 e. The highest BCUT2D eigenvalue weighted by Crippen LogP contribution is 2.57. The molecule has 0 amide bonds. The topological polar surface area (TPSA) is 35.5 Å². The SMILES string of the molecule is COC(=O)[C@]1(C)CCC[C@]2(C)c3ccc(C(C)C)cc3C(OC)=C[C@@H]12. The monoisotopic (exact) mass is 342 g/mol. The van der Waals surface area contributed by atoms with E-state index in [1.165, 1.54) is 23.8 Å². The van der Waals surface area contributed by atoms with Crippen molar-refractivity contribution in [3.8, 4) is 0 Å². The van der Waals surface area contributed by atoms with E-state index in [1.54, 1.807) is 7.11 Å². The second kappa shape index (κ2) is 6.19. The van der Waals surface area contributed by atoms with Crippen LogP contribution in [-0.4, -0.2) is 20.2 Å². The summed E-state index contributed by atoms with van der Waals surface area (Å²) in [5.41, 5.74) is 3.21. The number of carbonyl (C=O) groups is 1.